The Hall–Kier alpha value is -3.72. The summed E-state index contributed by atoms with van der Waals surface area (Å²) in [5.74, 6) is 1.95. The maximum Gasteiger partial charge on any atom is 0.212 e. The van der Waals surface area contributed by atoms with Crippen molar-refractivity contribution in [2.75, 3.05) is 31.4 Å². The van der Waals surface area contributed by atoms with Gasteiger partial charge in [-0.1, -0.05) is 37.3 Å². The van der Waals surface area contributed by atoms with Gasteiger partial charge in [-0.2, -0.15) is 0 Å². The van der Waals surface area contributed by atoms with Gasteiger partial charge in [-0.15, -0.1) is 0 Å². The van der Waals surface area contributed by atoms with Crippen LogP contribution in [0.25, 0.3) is 21.6 Å². The summed E-state index contributed by atoms with van der Waals surface area (Å²) in [6.07, 6.45) is 3.42. The largest absolute Gasteiger partial charge is 0.491 e. The number of benzene rings is 1. The lowest BCUT2D eigenvalue weighted by Gasteiger charge is -2.11. The van der Waals surface area contributed by atoms with Gasteiger partial charge in [0.05, 0.1) is 25.1 Å². The zero-order valence-electron chi connectivity index (χ0n) is 19.7. The third-order valence-electron chi connectivity index (χ3n) is 4.76. The summed E-state index contributed by atoms with van der Waals surface area (Å²) < 4.78 is 10.6. The molecule has 0 bridgehead atoms. The van der Waals surface area contributed by atoms with E-state index in [1.165, 1.54) is 11.3 Å². The summed E-state index contributed by atoms with van der Waals surface area (Å²) in [6, 6.07) is 15.1. The minimum atomic E-state index is 0.597. The molecule has 0 saturated heterocycles. The van der Waals surface area contributed by atoms with Gasteiger partial charge in [0.2, 0.25) is 12.3 Å². The van der Waals surface area contributed by atoms with Crippen molar-refractivity contribution in [2.24, 2.45) is 5.92 Å². The van der Waals surface area contributed by atoms with Crippen LogP contribution in [0.5, 0.6) is 11.6 Å². The number of carbonyl (C=O) groups excluding carboxylic acids is 1. The molecule has 4 aromatic rings. The van der Waals surface area contributed by atoms with Crippen LogP contribution in [-0.4, -0.2) is 42.1 Å². The van der Waals surface area contributed by atoms with E-state index in [-0.39, 0.29) is 0 Å². The Morgan fingerprint density at radius 3 is 2.59 bits per heavy atom. The Morgan fingerprint density at radius 1 is 1.09 bits per heavy atom. The van der Waals surface area contributed by atoms with Crippen LogP contribution >= 0.6 is 11.3 Å². The summed E-state index contributed by atoms with van der Waals surface area (Å²) in [5.41, 5.74) is 3.46. The summed E-state index contributed by atoms with van der Waals surface area (Å²) >= 11 is 1.54. The van der Waals surface area contributed by atoms with Crippen molar-refractivity contribution in [3.8, 4) is 22.9 Å². The van der Waals surface area contributed by atoms with E-state index in [9.17, 15) is 4.79 Å². The summed E-state index contributed by atoms with van der Waals surface area (Å²) in [4.78, 5) is 24.5. The van der Waals surface area contributed by atoms with Crippen LogP contribution in [0.1, 0.15) is 20.3 Å². The first-order valence-electron chi connectivity index (χ1n) is 10.9. The highest BCUT2D eigenvalue weighted by Crippen LogP contribution is 2.27. The number of amides is 1. The van der Waals surface area contributed by atoms with Crippen LogP contribution in [0.3, 0.4) is 0 Å². The number of para-hydroxylation sites is 2. The molecule has 0 saturated carbocycles. The second-order valence-corrected chi connectivity index (χ2v) is 8.65. The molecule has 1 amide bonds. The molecule has 0 aliphatic rings. The quantitative estimate of drug-likeness (QED) is 0.307. The third-order valence-corrected chi connectivity index (χ3v) is 5.75. The zero-order valence-corrected chi connectivity index (χ0v) is 20.6. The molecule has 0 aliphatic carbocycles. The molecule has 0 atom stereocenters. The van der Waals surface area contributed by atoms with E-state index in [0.29, 0.717) is 24.8 Å². The van der Waals surface area contributed by atoms with Gasteiger partial charge < -0.3 is 20.1 Å². The summed E-state index contributed by atoms with van der Waals surface area (Å²) in [7, 11) is 3.45. The summed E-state index contributed by atoms with van der Waals surface area (Å²) in [6.45, 7) is 4.98. The van der Waals surface area contributed by atoms with Gasteiger partial charge >= 0.3 is 0 Å². The van der Waals surface area contributed by atoms with Gasteiger partial charge in [0, 0.05) is 24.9 Å². The van der Waals surface area contributed by atoms with Gasteiger partial charge in [-0.3, -0.25) is 4.79 Å². The Kier molecular flexibility index (Phi) is 9.16. The molecule has 0 aliphatic heterocycles. The highest BCUT2D eigenvalue weighted by atomic mass is 32.1. The van der Waals surface area contributed by atoms with Gasteiger partial charge in [0.1, 0.15) is 16.1 Å². The number of nitrogens with one attached hydrogen (secondary N) is 2. The number of carbonyl (C=O) groups is 1. The van der Waals surface area contributed by atoms with Crippen LogP contribution in [-0.2, 0) is 4.79 Å². The van der Waals surface area contributed by atoms with E-state index < -0.39 is 0 Å². The van der Waals surface area contributed by atoms with E-state index in [2.05, 4.69) is 39.4 Å². The fraction of sp³-hybridized carbons (Fsp3) is 0.280. The summed E-state index contributed by atoms with van der Waals surface area (Å²) in [5, 5.41) is 6.51. The molecule has 9 heteroatoms. The Labute approximate surface area is 203 Å². The predicted molar refractivity (Wildman–Crippen MR) is 138 cm³/mol. The normalized spacial score (nSPS) is 10.4. The van der Waals surface area contributed by atoms with E-state index in [1.807, 2.05) is 55.6 Å². The topological polar surface area (TPSA) is 98.3 Å². The maximum atomic E-state index is 10.3. The van der Waals surface area contributed by atoms with Crippen molar-refractivity contribution in [2.45, 2.75) is 20.3 Å². The molecule has 0 unspecified atom stereocenters. The number of hydrogen-bond donors (Lipinski definition) is 2. The zero-order chi connectivity index (χ0) is 24.3. The van der Waals surface area contributed by atoms with Crippen molar-refractivity contribution >= 4 is 38.9 Å². The number of ether oxygens (including phenoxy) is 2. The molecule has 178 valence electrons. The number of anilines is 2. The molecule has 34 heavy (non-hydrogen) atoms. The monoisotopic (exact) mass is 479 g/mol. The smallest absolute Gasteiger partial charge is 0.212 e. The lowest BCUT2D eigenvalue weighted by Crippen LogP contribution is -2.04. The molecule has 2 N–H and O–H groups in total. The molecule has 0 fully saturated rings. The third kappa shape index (κ3) is 6.89. The molecule has 3 heterocycles. The molecule has 3 aromatic heterocycles. The molecule has 0 radical (unpaired) electrons. The standard InChI is InChI=1S/C13H12N4OS.C12H17NO2/c1-14-13-17-10-5-4-9(16-12(10)19-13)8-3-6-11(18-2)15-7-8;1-10(2)7-8-15-12-6-4-3-5-11(12)13-9-14/h3-7H,1-2H3,(H,14,17);3-6,9-10H,7-8H2,1-2H3,(H,13,14). The number of thiazole rings is 1. The number of nitrogens with zero attached hydrogens (tertiary/aromatic N) is 3. The van der Waals surface area contributed by atoms with Crippen LogP contribution in [0.2, 0.25) is 0 Å². The van der Waals surface area contributed by atoms with Crippen molar-refractivity contribution < 1.29 is 14.3 Å². The second-order valence-electron chi connectivity index (χ2n) is 7.67. The molecular formula is C25H29N5O3S. The first-order valence-corrected chi connectivity index (χ1v) is 11.7. The molecule has 8 nitrogen and oxygen atoms in total. The molecular weight excluding hydrogens is 450 g/mol. The molecule has 1 aromatic carbocycles. The van der Waals surface area contributed by atoms with E-state index in [4.69, 9.17) is 9.47 Å². The fourth-order valence-corrected chi connectivity index (χ4v) is 3.71. The van der Waals surface area contributed by atoms with Gasteiger partial charge in [0.15, 0.2) is 5.13 Å². The first-order chi connectivity index (χ1) is 16.5. The fourth-order valence-electron chi connectivity index (χ4n) is 2.92. The van der Waals surface area contributed by atoms with Crippen LogP contribution in [0.15, 0.2) is 54.7 Å². The average Bonchev–Trinajstić information content (AvgIpc) is 3.28. The van der Waals surface area contributed by atoms with Gasteiger partial charge in [-0.25, -0.2) is 15.0 Å². The van der Waals surface area contributed by atoms with Crippen molar-refractivity contribution in [1.29, 1.82) is 0 Å². The number of aromatic nitrogens is 3. The highest BCUT2D eigenvalue weighted by Gasteiger charge is 2.07. The lowest BCUT2D eigenvalue weighted by atomic mass is 10.1. The Bertz CT molecular complexity index is 1190. The Balaban J connectivity index is 0.000000197. The number of pyridine rings is 2. The average molecular weight is 480 g/mol. The van der Waals surface area contributed by atoms with Crippen LogP contribution in [0.4, 0.5) is 10.8 Å². The predicted octanol–water partition coefficient (Wildman–Crippen LogP) is 5.48. The minimum absolute atomic E-state index is 0.597. The van der Waals surface area contributed by atoms with Crippen molar-refractivity contribution in [3.05, 3.63) is 54.7 Å². The minimum Gasteiger partial charge on any atom is -0.491 e. The number of methoxy groups -OCH3 is 1. The van der Waals surface area contributed by atoms with Crippen LogP contribution < -0.4 is 20.1 Å². The highest BCUT2D eigenvalue weighted by molar-refractivity contribution is 7.21. The van der Waals surface area contributed by atoms with Gasteiger partial charge in [-0.05, 0) is 42.7 Å². The van der Waals surface area contributed by atoms with E-state index in [1.54, 1.807) is 13.3 Å². The van der Waals surface area contributed by atoms with Crippen LogP contribution in [0, 0.1) is 5.92 Å². The lowest BCUT2D eigenvalue weighted by molar-refractivity contribution is -0.105. The van der Waals surface area contributed by atoms with Crippen molar-refractivity contribution in [1.82, 2.24) is 15.0 Å². The molecule has 4 rings (SSSR count). The van der Waals surface area contributed by atoms with E-state index in [0.717, 1.165) is 44.6 Å². The number of rotatable bonds is 9. The molecule has 0 spiro atoms. The van der Waals surface area contributed by atoms with E-state index >= 15 is 0 Å². The SMILES string of the molecule is CC(C)CCOc1ccccc1NC=O.CNc1nc2ccc(-c3ccc(OC)nc3)nc2s1. The second kappa shape index (κ2) is 12.5. The number of fused-ring (bicyclic) bond motifs is 1. The van der Waals surface area contributed by atoms with Gasteiger partial charge in [0.25, 0.3) is 0 Å². The Morgan fingerprint density at radius 2 is 1.91 bits per heavy atom. The maximum absolute atomic E-state index is 10.3. The van der Waals surface area contributed by atoms with Crippen molar-refractivity contribution in [3.63, 3.8) is 0 Å². The number of hydrogen-bond acceptors (Lipinski definition) is 8. The first kappa shape index (κ1) is 24.9.